The predicted octanol–water partition coefficient (Wildman–Crippen LogP) is 3.70. The normalized spacial score (nSPS) is 12.8. The van der Waals surface area contributed by atoms with E-state index in [0.717, 1.165) is 5.56 Å². The molecule has 1 aromatic carbocycles. The number of aryl methyl sites for hydroxylation is 1. The van der Waals surface area contributed by atoms with Crippen LogP contribution in [-0.2, 0) is 4.79 Å². The molecule has 20 heavy (non-hydrogen) atoms. The van der Waals surface area contributed by atoms with E-state index in [1.54, 1.807) is 18.2 Å². The highest BCUT2D eigenvalue weighted by molar-refractivity contribution is 6.00. The summed E-state index contributed by atoms with van der Waals surface area (Å²) in [5.74, 6) is -0.979. The second kappa shape index (κ2) is 6.07. The summed E-state index contributed by atoms with van der Waals surface area (Å²) in [5, 5.41) is 11.9. The Bertz CT molecular complexity index is 515. The molecule has 1 rings (SSSR count). The highest BCUT2D eigenvalue weighted by Gasteiger charge is 2.23. The Morgan fingerprint density at radius 3 is 2.40 bits per heavy atom. The summed E-state index contributed by atoms with van der Waals surface area (Å²) < 4.78 is 0. The maximum Gasteiger partial charge on any atom is 0.337 e. The van der Waals surface area contributed by atoms with E-state index in [1.807, 2.05) is 13.8 Å². The molecule has 1 atom stereocenters. The monoisotopic (exact) mass is 277 g/mol. The lowest BCUT2D eigenvalue weighted by Gasteiger charge is -2.26. The Morgan fingerprint density at radius 2 is 1.90 bits per heavy atom. The number of hydrogen-bond donors (Lipinski definition) is 2. The number of anilines is 1. The second-order valence-corrected chi connectivity index (χ2v) is 6.37. The van der Waals surface area contributed by atoms with Gasteiger partial charge in [0.1, 0.15) is 0 Å². The summed E-state index contributed by atoms with van der Waals surface area (Å²) in [4.78, 5) is 23.2. The molecule has 0 aliphatic carbocycles. The third-order valence-corrected chi connectivity index (χ3v) is 3.65. The number of carboxylic acid groups (broad SMARTS) is 1. The molecule has 0 aromatic heterocycles. The third-order valence-electron chi connectivity index (χ3n) is 3.65. The highest BCUT2D eigenvalue weighted by Crippen LogP contribution is 2.28. The van der Waals surface area contributed by atoms with Gasteiger partial charge in [-0.25, -0.2) is 4.79 Å². The molecule has 0 fully saturated rings. The van der Waals surface area contributed by atoms with Crippen molar-refractivity contribution in [3.63, 3.8) is 0 Å². The van der Waals surface area contributed by atoms with Crippen molar-refractivity contribution in [2.75, 3.05) is 5.32 Å². The number of nitrogens with one attached hydrogen (secondary N) is 1. The first kappa shape index (κ1) is 16.2. The lowest BCUT2D eigenvalue weighted by Crippen LogP contribution is -2.24. The van der Waals surface area contributed by atoms with Crippen LogP contribution in [-0.4, -0.2) is 17.0 Å². The van der Waals surface area contributed by atoms with Crippen LogP contribution >= 0.6 is 0 Å². The predicted molar refractivity (Wildman–Crippen MR) is 80.0 cm³/mol. The molecular formula is C16H23NO3. The van der Waals surface area contributed by atoms with Gasteiger partial charge >= 0.3 is 5.97 Å². The van der Waals surface area contributed by atoms with Gasteiger partial charge < -0.3 is 10.4 Å². The minimum absolute atomic E-state index is 0.0419. The Balaban J connectivity index is 2.84. The quantitative estimate of drug-likeness (QED) is 0.881. The largest absolute Gasteiger partial charge is 0.478 e. The number of rotatable bonds is 4. The van der Waals surface area contributed by atoms with Gasteiger partial charge in [-0.15, -0.1) is 0 Å². The van der Waals surface area contributed by atoms with Gasteiger partial charge in [0.25, 0.3) is 0 Å². The number of benzene rings is 1. The van der Waals surface area contributed by atoms with Crippen molar-refractivity contribution in [3.8, 4) is 0 Å². The zero-order valence-electron chi connectivity index (χ0n) is 12.8. The molecule has 0 radical (unpaired) electrons. The summed E-state index contributed by atoms with van der Waals surface area (Å²) in [6.07, 6.45) is 0.371. The van der Waals surface area contributed by atoms with Gasteiger partial charge in [-0.2, -0.15) is 0 Å². The molecule has 0 bridgehead atoms. The first-order chi connectivity index (χ1) is 9.11. The Kier molecular flexibility index (Phi) is 4.93. The minimum atomic E-state index is -1.03. The molecule has 110 valence electrons. The van der Waals surface area contributed by atoms with E-state index >= 15 is 0 Å². The van der Waals surface area contributed by atoms with Gasteiger partial charge in [0, 0.05) is 6.42 Å². The van der Waals surface area contributed by atoms with E-state index in [-0.39, 0.29) is 22.8 Å². The topological polar surface area (TPSA) is 66.4 Å². The number of aromatic carboxylic acids is 1. The van der Waals surface area contributed by atoms with Gasteiger partial charge in [0.05, 0.1) is 11.3 Å². The van der Waals surface area contributed by atoms with Gasteiger partial charge in [0.2, 0.25) is 5.91 Å². The van der Waals surface area contributed by atoms with Crippen LogP contribution in [0.25, 0.3) is 0 Å². The van der Waals surface area contributed by atoms with Crippen molar-refractivity contribution < 1.29 is 14.7 Å². The molecule has 4 nitrogen and oxygen atoms in total. The fourth-order valence-corrected chi connectivity index (χ4v) is 1.73. The van der Waals surface area contributed by atoms with Crippen molar-refractivity contribution >= 4 is 17.6 Å². The van der Waals surface area contributed by atoms with Crippen LogP contribution in [0.5, 0.6) is 0 Å². The van der Waals surface area contributed by atoms with Crippen LogP contribution in [0, 0.1) is 18.3 Å². The van der Waals surface area contributed by atoms with Crippen LogP contribution in [0.1, 0.15) is 50.0 Å². The van der Waals surface area contributed by atoms with Crippen LogP contribution < -0.4 is 5.32 Å². The first-order valence-corrected chi connectivity index (χ1v) is 6.75. The number of amides is 1. The Labute approximate surface area is 120 Å². The molecule has 4 heteroatoms. The van der Waals surface area contributed by atoms with E-state index in [9.17, 15) is 9.59 Å². The molecule has 0 aliphatic rings. The molecule has 0 heterocycles. The maximum absolute atomic E-state index is 12.0. The van der Waals surface area contributed by atoms with Crippen molar-refractivity contribution in [1.82, 2.24) is 0 Å². The summed E-state index contributed by atoms with van der Waals surface area (Å²) in [5.41, 5.74) is 1.37. The van der Waals surface area contributed by atoms with Crippen LogP contribution in [0.15, 0.2) is 18.2 Å². The van der Waals surface area contributed by atoms with Crippen LogP contribution in [0.2, 0.25) is 0 Å². The van der Waals surface area contributed by atoms with Gasteiger partial charge in [-0.05, 0) is 30.4 Å². The first-order valence-electron chi connectivity index (χ1n) is 6.75. The zero-order valence-corrected chi connectivity index (χ0v) is 12.8. The lowest BCUT2D eigenvalue weighted by atomic mass is 9.80. The molecule has 0 saturated carbocycles. The standard InChI is InChI=1S/C16H23NO3/c1-10-6-7-13(12(8-10)15(19)20)17-14(18)9-11(2)16(3,4)5/h6-8,11H,9H2,1-5H3,(H,17,18)(H,19,20). The second-order valence-electron chi connectivity index (χ2n) is 6.37. The third kappa shape index (κ3) is 4.37. The van der Waals surface area contributed by atoms with Gasteiger partial charge in [-0.3, -0.25) is 4.79 Å². The molecule has 1 unspecified atom stereocenters. The fraction of sp³-hybridized carbons (Fsp3) is 0.500. The lowest BCUT2D eigenvalue weighted by molar-refractivity contribution is -0.117. The number of carbonyl (C=O) groups excluding carboxylic acids is 1. The van der Waals surface area contributed by atoms with E-state index in [1.165, 1.54) is 0 Å². The molecule has 1 amide bonds. The minimum Gasteiger partial charge on any atom is -0.478 e. The number of carboxylic acids is 1. The SMILES string of the molecule is Cc1ccc(NC(=O)CC(C)C(C)(C)C)c(C(=O)O)c1. The average molecular weight is 277 g/mol. The van der Waals surface area contributed by atoms with E-state index in [4.69, 9.17) is 5.11 Å². The van der Waals surface area contributed by atoms with Crippen molar-refractivity contribution in [2.24, 2.45) is 11.3 Å². The molecule has 2 N–H and O–H groups in total. The summed E-state index contributed by atoms with van der Waals surface area (Å²) in [7, 11) is 0. The summed E-state index contributed by atoms with van der Waals surface area (Å²) >= 11 is 0. The number of hydrogen-bond acceptors (Lipinski definition) is 2. The van der Waals surface area contributed by atoms with E-state index in [0.29, 0.717) is 12.1 Å². The van der Waals surface area contributed by atoms with Crippen molar-refractivity contribution in [3.05, 3.63) is 29.3 Å². The Hall–Kier alpha value is -1.84. The van der Waals surface area contributed by atoms with E-state index in [2.05, 4.69) is 26.1 Å². The van der Waals surface area contributed by atoms with Crippen molar-refractivity contribution in [1.29, 1.82) is 0 Å². The molecule has 1 aromatic rings. The van der Waals surface area contributed by atoms with Gasteiger partial charge in [0.15, 0.2) is 0 Å². The fourth-order valence-electron chi connectivity index (χ4n) is 1.73. The average Bonchev–Trinajstić information content (AvgIpc) is 2.29. The molecule has 0 aliphatic heterocycles. The van der Waals surface area contributed by atoms with Gasteiger partial charge in [-0.1, -0.05) is 39.3 Å². The highest BCUT2D eigenvalue weighted by atomic mass is 16.4. The molecule has 0 saturated heterocycles. The Morgan fingerprint density at radius 1 is 1.30 bits per heavy atom. The van der Waals surface area contributed by atoms with E-state index < -0.39 is 5.97 Å². The number of carbonyl (C=O) groups is 2. The molecule has 0 spiro atoms. The van der Waals surface area contributed by atoms with Crippen LogP contribution in [0.3, 0.4) is 0 Å². The maximum atomic E-state index is 12.0. The van der Waals surface area contributed by atoms with Crippen LogP contribution in [0.4, 0.5) is 5.69 Å². The molecular weight excluding hydrogens is 254 g/mol. The summed E-state index contributed by atoms with van der Waals surface area (Å²) in [6, 6.07) is 4.98. The smallest absolute Gasteiger partial charge is 0.337 e. The summed E-state index contributed by atoms with van der Waals surface area (Å²) in [6.45, 7) is 10.1. The zero-order chi connectivity index (χ0) is 15.5. The van der Waals surface area contributed by atoms with Crippen molar-refractivity contribution in [2.45, 2.75) is 41.0 Å².